The molecule has 3 rings (SSSR count). The second-order valence-corrected chi connectivity index (χ2v) is 6.54. The lowest BCUT2D eigenvalue weighted by atomic mass is 9.86. The summed E-state index contributed by atoms with van der Waals surface area (Å²) >= 11 is 0. The number of amides is 1. The van der Waals surface area contributed by atoms with Gasteiger partial charge < -0.3 is 19.5 Å². The average Bonchev–Trinajstić information content (AvgIpc) is 2.98. The number of methoxy groups -OCH3 is 1. The summed E-state index contributed by atoms with van der Waals surface area (Å²) in [6, 6.07) is 4.80. The highest BCUT2D eigenvalue weighted by Crippen LogP contribution is 2.28. The largest absolute Gasteiger partial charge is 0.493 e. The molecule has 0 unspecified atom stereocenters. The highest BCUT2D eigenvalue weighted by molar-refractivity contribution is 5.98. The van der Waals surface area contributed by atoms with Gasteiger partial charge in [-0.15, -0.1) is 0 Å². The van der Waals surface area contributed by atoms with Crippen LogP contribution in [0.1, 0.15) is 46.4 Å². The molecule has 24 heavy (non-hydrogen) atoms. The van der Waals surface area contributed by atoms with Gasteiger partial charge in [0.25, 0.3) is 5.91 Å². The first-order valence-electron chi connectivity index (χ1n) is 8.40. The third kappa shape index (κ3) is 3.70. The number of ether oxygens (including phenoxy) is 2. The molecule has 1 N–H and O–H groups in total. The quantitative estimate of drug-likeness (QED) is 0.833. The molecule has 1 amide bonds. The second kappa shape index (κ2) is 7.21. The van der Waals surface area contributed by atoms with Crippen LogP contribution in [0, 0.1) is 5.92 Å². The molecular formula is C18H23NO5. The molecule has 2 aliphatic rings. The van der Waals surface area contributed by atoms with Crippen LogP contribution in [0.4, 0.5) is 0 Å². The zero-order chi connectivity index (χ0) is 17.1. The first-order valence-corrected chi connectivity index (χ1v) is 8.40. The van der Waals surface area contributed by atoms with Crippen molar-refractivity contribution in [1.29, 1.82) is 0 Å². The number of aliphatic hydroxyl groups excluding tert-OH is 1. The molecule has 0 radical (unpaired) electrons. The molecule has 0 bridgehead atoms. The first kappa shape index (κ1) is 16.8. The van der Waals surface area contributed by atoms with Crippen LogP contribution in [-0.4, -0.2) is 54.8 Å². The van der Waals surface area contributed by atoms with Crippen molar-refractivity contribution in [3.8, 4) is 5.75 Å². The number of benzene rings is 1. The van der Waals surface area contributed by atoms with E-state index in [1.54, 1.807) is 17.0 Å². The Morgan fingerprint density at radius 1 is 1.21 bits per heavy atom. The number of aliphatic hydroxyl groups is 1. The van der Waals surface area contributed by atoms with E-state index in [0.29, 0.717) is 48.9 Å². The fourth-order valence-electron chi connectivity index (χ4n) is 3.02. The molecule has 1 aliphatic carbocycles. The smallest absolute Gasteiger partial charge is 0.338 e. The van der Waals surface area contributed by atoms with Crippen LogP contribution in [-0.2, 0) is 4.74 Å². The molecule has 0 aromatic heterocycles. The number of nitrogens with zero attached hydrogens (tertiary/aromatic N) is 1. The Hall–Kier alpha value is -2.08. The topological polar surface area (TPSA) is 76.1 Å². The van der Waals surface area contributed by atoms with E-state index in [-0.39, 0.29) is 5.91 Å². The Bertz CT molecular complexity index is 626. The van der Waals surface area contributed by atoms with Gasteiger partial charge in [-0.25, -0.2) is 4.79 Å². The maximum absolute atomic E-state index is 12.6. The van der Waals surface area contributed by atoms with Crippen LogP contribution in [0.25, 0.3) is 0 Å². The molecule has 0 spiro atoms. The van der Waals surface area contributed by atoms with Gasteiger partial charge in [-0.05, 0) is 43.4 Å². The molecule has 130 valence electrons. The van der Waals surface area contributed by atoms with E-state index in [0.717, 1.165) is 12.8 Å². The van der Waals surface area contributed by atoms with Crippen molar-refractivity contribution in [1.82, 2.24) is 4.90 Å². The summed E-state index contributed by atoms with van der Waals surface area (Å²) in [4.78, 5) is 26.1. The van der Waals surface area contributed by atoms with E-state index in [2.05, 4.69) is 0 Å². The van der Waals surface area contributed by atoms with Gasteiger partial charge in [0.2, 0.25) is 0 Å². The van der Waals surface area contributed by atoms with Gasteiger partial charge in [0, 0.05) is 18.7 Å². The van der Waals surface area contributed by atoms with Crippen LogP contribution in [0.15, 0.2) is 18.2 Å². The van der Waals surface area contributed by atoms with Crippen LogP contribution in [0.3, 0.4) is 0 Å². The first-order chi connectivity index (χ1) is 11.6. The van der Waals surface area contributed by atoms with Gasteiger partial charge in [-0.1, -0.05) is 6.42 Å². The lowest BCUT2D eigenvalue weighted by Crippen LogP contribution is -2.29. The van der Waals surface area contributed by atoms with Crippen molar-refractivity contribution >= 4 is 11.9 Å². The summed E-state index contributed by atoms with van der Waals surface area (Å²) in [5.74, 6) is 0.359. The molecule has 1 atom stereocenters. The minimum absolute atomic E-state index is 0.203. The number of hydrogen-bond acceptors (Lipinski definition) is 5. The Labute approximate surface area is 141 Å². The molecule has 1 aromatic rings. The lowest BCUT2D eigenvalue weighted by molar-refractivity contribution is 0.0600. The van der Waals surface area contributed by atoms with E-state index in [1.807, 2.05) is 0 Å². The highest BCUT2D eigenvalue weighted by atomic mass is 16.5. The molecule has 6 nitrogen and oxygen atoms in total. The summed E-state index contributed by atoms with van der Waals surface area (Å²) in [6.07, 6.45) is 3.65. The monoisotopic (exact) mass is 333 g/mol. The van der Waals surface area contributed by atoms with Gasteiger partial charge in [-0.3, -0.25) is 4.79 Å². The average molecular weight is 333 g/mol. The van der Waals surface area contributed by atoms with E-state index < -0.39 is 12.1 Å². The van der Waals surface area contributed by atoms with E-state index >= 15 is 0 Å². The molecular weight excluding hydrogens is 310 g/mol. The summed E-state index contributed by atoms with van der Waals surface area (Å²) in [6.45, 7) is 1.43. The predicted molar refractivity (Wildman–Crippen MR) is 87.1 cm³/mol. The van der Waals surface area contributed by atoms with Gasteiger partial charge >= 0.3 is 5.97 Å². The predicted octanol–water partition coefficient (Wildman–Crippen LogP) is 1.86. The Kier molecular flexibility index (Phi) is 5.04. The zero-order valence-corrected chi connectivity index (χ0v) is 13.9. The summed E-state index contributed by atoms with van der Waals surface area (Å²) in [7, 11) is 1.31. The van der Waals surface area contributed by atoms with Crippen molar-refractivity contribution in [2.75, 3.05) is 26.8 Å². The van der Waals surface area contributed by atoms with Gasteiger partial charge in [0.1, 0.15) is 5.75 Å². The normalized spacial score (nSPS) is 20.6. The van der Waals surface area contributed by atoms with Crippen molar-refractivity contribution in [2.24, 2.45) is 5.92 Å². The highest BCUT2D eigenvalue weighted by Gasteiger charge is 2.26. The Morgan fingerprint density at radius 3 is 2.54 bits per heavy atom. The number of carbonyl (C=O) groups excluding carboxylic acids is 2. The van der Waals surface area contributed by atoms with Crippen LogP contribution in [0.2, 0.25) is 0 Å². The zero-order valence-electron chi connectivity index (χ0n) is 13.9. The van der Waals surface area contributed by atoms with Gasteiger partial charge in [0.15, 0.2) is 0 Å². The molecule has 6 heteroatoms. The Balaban J connectivity index is 1.80. The van der Waals surface area contributed by atoms with Gasteiger partial charge in [-0.2, -0.15) is 0 Å². The van der Waals surface area contributed by atoms with E-state index in [1.165, 1.54) is 19.6 Å². The summed E-state index contributed by atoms with van der Waals surface area (Å²) in [5.41, 5.74) is 0.683. The van der Waals surface area contributed by atoms with Crippen LogP contribution >= 0.6 is 0 Å². The number of hydrogen-bond donors (Lipinski definition) is 1. The fourth-order valence-corrected chi connectivity index (χ4v) is 3.02. The van der Waals surface area contributed by atoms with Crippen molar-refractivity contribution in [2.45, 2.75) is 31.8 Å². The summed E-state index contributed by atoms with van der Waals surface area (Å²) < 4.78 is 10.6. The molecule has 1 saturated heterocycles. The van der Waals surface area contributed by atoms with Crippen molar-refractivity contribution < 1.29 is 24.2 Å². The minimum atomic E-state index is -0.500. The third-order valence-electron chi connectivity index (χ3n) is 4.74. The van der Waals surface area contributed by atoms with E-state index in [4.69, 9.17) is 9.47 Å². The number of rotatable bonds is 5. The number of likely N-dealkylation sites (tertiary alicyclic amines) is 1. The Morgan fingerprint density at radius 2 is 1.96 bits per heavy atom. The van der Waals surface area contributed by atoms with E-state index in [9.17, 15) is 14.7 Å². The standard InChI is InChI=1S/C18H23NO5/c1-23-18(22)14-7-13(17(21)19-6-5-15(20)10-19)8-16(9-14)24-11-12-3-2-4-12/h7-9,12,15,20H,2-6,10-11H2,1H3/t15-/m1/s1. The third-order valence-corrected chi connectivity index (χ3v) is 4.74. The molecule has 1 aliphatic heterocycles. The SMILES string of the molecule is COC(=O)c1cc(OCC2CCC2)cc(C(=O)N2CC[C@@H](O)C2)c1. The van der Waals surface area contributed by atoms with Gasteiger partial charge in [0.05, 0.1) is 25.4 Å². The second-order valence-electron chi connectivity index (χ2n) is 6.54. The van der Waals surface area contributed by atoms with Crippen LogP contribution < -0.4 is 4.74 Å². The molecule has 1 aromatic carbocycles. The minimum Gasteiger partial charge on any atom is -0.493 e. The van der Waals surface area contributed by atoms with Crippen LogP contribution in [0.5, 0.6) is 5.75 Å². The number of esters is 1. The molecule has 1 saturated carbocycles. The summed E-state index contributed by atoms with van der Waals surface area (Å²) in [5, 5.41) is 9.62. The molecule has 2 fully saturated rings. The maximum Gasteiger partial charge on any atom is 0.338 e. The fraction of sp³-hybridized carbons (Fsp3) is 0.556. The van der Waals surface area contributed by atoms with Crippen molar-refractivity contribution in [3.05, 3.63) is 29.3 Å². The van der Waals surface area contributed by atoms with Crippen molar-refractivity contribution in [3.63, 3.8) is 0 Å². The molecule has 1 heterocycles. The number of carbonyl (C=O) groups is 2. The maximum atomic E-state index is 12.6. The number of β-amino-alcohol motifs (C(OH)–C–C–N with tert-alkyl or cyclic N) is 1. The lowest BCUT2D eigenvalue weighted by Gasteiger charge is -2.25.